The van der Waals surface area contributed by atoms with Gasteiger partial charge in [-0.2, -0.15) is 5.26 Å². The van der Waals surface area contributed by atoms with Gasteiger partial charge in [-0.1, -0.05) is 52.7 Å². The standard InChI is InChI=1S/C15H15BrN2S2/c16-11-5-3-10(4-6-11)13-12(9-17)14(18)20-15(19-13)7-1-2-8-15/h3-6,13H,1-2,7-8,18H2. The fourth-order valence-corrected chi connectivity index (χ4v) is 6.60. The first-order valence-electron chi connectivity index (χ1n) is 6.66. The maximum absolute atomic E-state index is 9.46. The average Bonchev–Trinajstić information content (AvgIpc) is 2.87. The lowest BCUT2D eigenvalue weighted by molar-refractivity contribution is 0.832. The molecule has 2 aliphatic rings. The van der Waals surface area contributed by atoms with Crippen LogP contribution in [0, 0.1) is 11.3 Å². The third kappa shape index (κ3) is 2.61. The van der Waals surface area contributed by atoms with E-state index in [0.717, 1.165) is 15.1 Å². The van der Waals surface area contributed by atoms with Gasteiger partial charge in [0.25, 0.3) is 0 Å². The lowest BCUT2D eigenvalue weighted by Crippen LogP contribution is -2.25. The normalized spacial score (nSPS) is 24.9. The van der Waals surface area contributed by atoms with E-state index in [1.807, 2.05) is 23.9 Å². The molecule has 1 saturated carbocycles. The topological polar surface area (TPSA) is 49.8 Å². The van der Waals surface area contributed by atoms with Crippen LogP contribution >= 0.6 is 39.5 Å². The molecule has 1 fully saturated rings. The summed E-state index contributed by atoms with van der Waals surface area (Å²) < 4.78 is 1.24. The van der Waals surface area contributed by atoms with Crippen molar-refractivity contribution < 1.29 is 0 Å². The Bertz CT molecular complexity index is 583. The Morgan fingerprint density at radius 2 is 1.90 bits per heavy atom. The number of nitrogens with zero attached hydrogens (tertiary/aromatic N) is 1. The lowest BCUT2D eigenvalue weighted by Gasteiger charge is -2.37. The molecule has 20 heavy (non-hydrogen) atoms. The van der Waals surface area contributed by atoms with Gasteiger partial charge in [0.2, 0.25) is 0 Å². The highest BCUT2D eigenvalue weighted by molar-refractivity contribution is 9.10. The first kappa shape index (κ1) is 14.4. The zero-order valence-electron chi connectivity index (χ0n) is 10.9. The number of thioether (sulfide) groups is 2. The Labute approximate surface area is 136 Å². The fraction of sp³-hybridized carbons (Fsp3) is 0.400. The van der Waals surface area contributed by atoms with Crippen molar-refractivity contribution in [2.45, 2.75) is 35.0 Å². The van der Waals surface area contributed by atoms with E-state index in [-0.39, 0.29) is 9.33 Å². The van der Waals surface area contributed by atoms with E-state index in [9.17, 15) is 5.26 Å². The summed E-state index contributed by atoms with van der Waals surface area (Å²) in [6, 6.07) is 10.6. The smallest absolute Gasteiger partial charge is 0.0990 e. The Morgan fingerprint density at radius 1 is 1.25 bits per heavy atom. The van der Waals surface area contributed by atoms with Gasteiger partial charge in [-0.15, -0.1) is 11.8 Å². The summed E-state index contributed by atoms with van der Waals surface area (Å²) in [6.07, 6.45) is 4.91. The Kier molecular flexibility index (Phi) is 4.07. The summed E-state index contributed by atoms with van der Waals surface area (Å²) >= 11 is 7.10. The third-order valence-electron chi connectivity index (χ3n) is 3.81. The summed E-state index contributed by atoms with van der Waals surface area (Å²) in [4.78, 5) is 0. The van der Waals surface area contributed by atoms with Crippen molar-refractivity contribution in [2.24, 2.45) is 5.73 Å². The van der Waals surface area contributed by atoms with Crippen LogP contribution in [0.1, 0.15) is 36.5 Å². The predicted molar refractivity (Wildman–Crippen MR) is 90.1 cm³/mol. The van der Waals surface area contributed by atoms with Crippen LogP contribution in [0.3, 0.4) is 0 Å². The van der Waals surface area contributed by atoms with Gasteiger partial charge in [0.05, 0.1) is 26.0 Å². The van der Waals surface area contributed by atoms with E-state index in [1.165, 1.54) is 31.2 Å². The molecular weight excluding hydrogens is 352 g/mol. The molecule has 2 N–H and O–H groups in total. The van der Waals surface area contributed by atoms with Crippen molar-refractivity contribution >= 4 is 39.5 Å². The maximum atomic E-state index is 9.46. The van der Waals surface area contributed by atoms with Crippen molar-refractivity contribution in [3.05, 3.63) is 44.9 Å². The molecule has 0 saturated heterocycles. The predicted octanol–water partition coefficient (Wildman–Crippen LogP) is 4.93. The molecule has 0 amide bonds. The zero-order valence-corrected chi connectivity index (χ0v) is 14.2. The summed E-state index contributed by atoms with van der Waals surface area (Å²) in [5, 5.41) is 10.3. The minimum absolute atomic E-state index is 0.0763. The van der Waals surface area contributed by atoms with Crippen molar-refractivity contribution in [3.8, 4) is 6.07 Å². The molecule has 1 atom stereocenters. The molecule has 3 rings (SSSR count). The van der Waals surface area contributed by atoms with Gasteiger partial charge in [0.15, 0.2) is 0 Å². The second-order valence-corrected chi connectivity index (χ2v) is 9.25. The van der Waals surface area contributed by atoms with E-state index >= 15 is 0 Å². The van der Waals surface area contributed by atoms with E-state index in [2.05, 4.69) is 34.1 Å². The number of nitriles is 1. The summed E-state index contributed by atoms with van der Waals surface area (Å²) in [5.74, 6) is 0. The zero-order chi connectivity index (χ0) is 14.2. The van der Waals surface area contributed by atoms with Crippen molar-refractivity contribution in [2.75, 3.05) is 0 Å². The van der Waals surface area contributed by atoms with E-state index in [4.69, 9.17) is 5.73 Å². The van der Waals surface area contributed by atoms with Crippen molar-refractivity contribution in [3.63, 3.8) is 0 Å². The lowest BCUT2D eigenvalue weighted by atomic mass is 10.1. The highest BCUT2D eigenvalue weighted by atomic mass is 79.9. The molecule has 1 aliphatic heterocycles. The van der Waals surface area contributed by atoms with Crippen molar-refractivity contribution in [1.29, 1.82) is 5.26 Å². The summed E-state index contributed by atoms with van der Waals surface area (Å²) in [5.41, 5.74) is 8.09. The molecule has 1 aromatic rings. The minimum Gasteiger partial charge on any atom is -0.393 e. The molecule has 1 aliphatic carbocycles. The largest absolute Gasteiger partial charge is 0.393 e. The summed E-state index contributed by atoms with van der Waals surface area (Å²) in [7, 11) is 0. The van der Waals surface area contributed by atoms with Crippen molar-refractivity contribution in [1.82, 2.24) is 0 Å². The Balaban J connectivity index is 2.00. The number of hydrogen-bond acceptors (Lipinski definition) is 4. The van der Waals surface area contributed by atoms with E-state index < -0.39 is 0 Å². The van der Waals surface area contributed by atoms with Gasteiger partial charge in [-0.25, -0.2) is 0 Å². The molecular formula is C15H15BrN2S2. The molecule has 0 bridgehead atoms. The molecule has 1 spiro atoms. The molecule has 0 radical (unpaired) electrons. The van der Waals surface area contributed by atoms with Gasteiger partial charge in [-0.3, -0.25) is 0 Å². The van der Waals surface area contributed by atoms with Crippen LogP contribution in [0.5, 0.6) is 0 Å². The average molecular weight is 367 g/mol. The number of halogens is 1. The molecule has 1 heterocycles. The minimum atomic E-state index is 0.0763. The van der Waals surface area contributed by atoms with Gasteiger partial charge in [0, 0.05) is 4.47 Å². The third-order valence-corrected chi connectivity index (χ3v) is 7.68. The highest BCUT2D eigenvalue weighted by Gasteiger charge is 2.43. The Morgan fingerprint density at radius 3 is 2.50 bits per heavy atom. The van der Waals surface area contributed by atoms with Crippen LogP contribution in [-0.2, 0) is 0 Å². The first-order valence-corrected chi connectivity index (χ1v) is 9.14. The SMILES string of the molecule is N#CC1=C(N)SC2(CCCC2)SC1c1ccc(Br)cc1. The van der Waals surface area contributed by atoms with Crippen LogP contribution in [0.15, 0.2) is 39.3 Å². The maximum Gasteiger partial charge on any atom is 0.0990 e. The van der Waals surface area contributed by atoms with Crippen LogP contribution in [0.2, 0.25) is 0 Å². The van der Waals surface area contributed by atoms with Gasteiger partial charge < -0.3 is 5.73 Å². The molecule has 1 unspecified atom stereocenters. The second kappa shape index (κ2) is 5.67. The molecule has 0 aromatic heterocycles. The highest BCUT2D eigenvalue weighted by Crippen LogP contribution is 2.61. The van der Waals surface area contributed by atoms with Crippen LogP contribution < -0.4 is 5.73 Å². The van der Waals surface area contributed by atoms with Crippen LogP contribution in [0.25, 0.3) is 0 Å². The first-order chi connectivity index (χ1) is 9.63. The molecule has 104 valence electrons. The summed E-state index contributed by atoms with van der Waals surface area (Å²) in [6.45, 7) is 0. The van der Waals surface area contributed by atoms with E-state index in [1.54, 1.807) is 11.8 Å². The molecule has 2 nitrogen and oxygen atoms in total. The number of nitrogens with two attached hydrogens (primary N) is 1. The Hall–Kier alpha value is -0.570. The van der Waals surface area contributed by atoms with Gasteiger partial charge in [0.1, 0.15) is 0 Å². The quantitative estimate of drug-likeness (QED) is 0.764. The molecule has 5 heteroatoms. The monoisotopic (exact) mass is 366 g/mol. The second-order valence-electron chi connectivity index (χ2n) is 5.16. The number of rotatable bonds is 1. The van der Waals surface area contributed by atoms with Crippen LogP contribution in [-0.4, -0.2) is 4.08 Å². The number of hydrogen-bond donors (Lipinski definition) is 1. The fourth-order valence-electron chi connectivity index (χ4n) is 2.80. The van der Waals surface area contributed by atoms with E-state index in [0.29, 0.717) is 0 Å². The van der Waals surface area contributed by atoms with Gasteiger partial charge >= 0.3 is 0 Å². The number of benzene rings is 1. The molecule has 1 aromatic carbocycles. The van der Waals surface area contributed by atoms with Crippen LogP contribution in [0.4, 0.5) is 0 Å². The van der Waals surface area contributed by atoms with Gasteiger partial charge in [-0.05, 0) is 30.5 Å².